The van der Waals surface area contributed by atoms with Crippen LogP contribution in [0.2, 0.25) is 0 Å². The second-order valence-corrected chi connectivity index (χ2v) is 14.2. The van der Waals surface area contributed by atoms with Crippen LogP contribution in [0.3, 0.4) is 0 Å². The molecule has 0 unspecified atom stereocenters. The molecule has 0 radical (unpaired) electrons. The van der Waals surface area contributed by atoms with Gasteiger partial charge in [0.15, 0.2) is 0 Å². The van der Waals surface area contributed by atoms with Crippen LogP contribution in [0.15, 0.2) is 48.8 Å². The fraction of sp³-hybridized carbons (Fsp3) is 0.514. The summed E-state index contributed by atoms with van der Waals surface area (Å²) in [6.45, 7) is 5.27. The van der Waals surface area contributed by atoms with E-state index in [1.54, 1.807) is 40.3 Å². The number of nitrogens with one attached hydrogen (secondary N) is 3. The van der Waals surface area contributed by atoms with E-state index in [2.05, 4.69) is 20.8 Å². The van der Waals surface area contributed by atoms with Gasteiger partial charge in [0, 0.05) is 36.2 Å². The van der Waals surface area contributed by atoms with Crippen LogP contribution in [-0.4, -0.2) is 96.0 Å². The quantitative estimate of drug-likeness (QED) is 0.276. The van der Waals surface area contributed by atoms with Gasteiger partial charge in [-0.1, -0.05) is 25.0 Å². The maximum Gasteiger partial charge on any atom is 0.408 e. The molecule has 2 aliphatic heterocycles. The number of aromatic amines is 1. The van der Waals surface area contributed by atoms with Crippen molar-refractivity contribution in [1.29, 1.82) is 0 Å². The molecule has 2 aromatic heterocycles. The highest BCUT2D eigenvalue weighted by Gasteiger charge is 2.61. The Kier molecular flexibility index (Phi) is 9.67. The zero-order valence-corrected chi connectivity index (χ0v) is 28.7. The lowest BCUT2D eigenvalue weighted by molar-refractivity contribution is -0.145. The SMILES string of the molecule is COc1ccc(-c2nn([C@H]3C[C@H]4C(=O)N[C@]5(C(=O)O)C[C@@H]5/C=C\CCCCC[C@H](NC(=O)OC(C)(C)C)C(=O)N4C3)nc2-c2cn[nH]c2)cc1. The third-order valence-electron chi connectivity index (χ3n) is 9.42. The summed E-state index contributed by atoms with van der Waals surface area (Å²) in [5.41, 5.74) is 0.345. The maximum atomic E-state index is 14.4. The number of carbonyl (C=O) groups excluding carboxylic acids is 3. The first-order valence-electron chi connectivity index (χ1n) is 17.0. The minimum Gasteiger partial charge on any atom is -0.497 e. The van der Waals surface area contributed by atoms with Crippen molar-refractivity contribution >= 4 is 23.9 Å². The number of hydrogen-bond acceptors (Lipinski definition) is 9. The van der Waals surface area contributed by atoms with E-state index in [1.807, 2.05) is 36.4 Å². The zero-order valence-electron chi connectivity index (χ0n) is 28.7. The molecule has 1 saturated heterocycles. The molecule has 3 aromatic rings. The molecular weight excluding hydrogens is 644 g/mol. The van der Waals surface area contributed by atoms with Crippen molar-refractivity contribution in [3.8, 4) is 28.3 Å². The Balaban J connectivity index is 1.35. The first-order valence-corrected chi connectivity index (χ1v) is 17.0. The number of carbonyl (C=O) groups is 4. The lowest BCUT2D eigenvalue weighted by Crippen LogP contribution is -2.56. The van der Waals surface area contributed by atoms with Gasteiger partial charge in [0.1, 0.15) is 40.4 Å². The van der Waals surface area contributed by atoms with E-state index in [4.69, 9.17) is 19.7 Å². The number of hydrogen-bond donors (Lipinski definition) is 4. The van der Waals surface area contributed by atoms with Gasteiger partial charge in [-0.3, -0.25) is 14.7 Å². The van der Waals surface area contributed by atoms with Crippen LogP contribution in [0, 0.1) is 5.92 Å². The Bertz CT molecular complexity index is 1750. The van der Waals surface area contributed by atoms with Gasteiger partial charge in [-0.15, -0.1) is 0 Å². The highest BCUT2D eigenvalue weighted by atomic mass is 16.6. The number of fused-ring (bicyclic) bond motifs is 2. The predicted octanol–water partition coefficient (Wildman–Crippen LogP) is 3.86. The zero-order chi connectivity index (χ0) is 35.6. The van der Waals surface area contributed by atoms with E-state index >= 15 is 0 Å². The van der Waals surface area contributed by atoms with Crippen molar-refractivity contribution in [1.82, 2.24) is 40.7 Å². The second-order valence-electron chi connectivity index (χ2n) is 14.2. The topological polar surface area (TPSA) is 194 Å². The molecule has 3 amide bonds. The highest BCUT2D eigenvalue weighted by Crippen LogP contribution is 2.45. The lowest BCUT2D eigenvalue weighted by Gasteiger charge is -2.30. The third-order valence-corrected chi connectivity index (χ3v) is 9.42. The molecule has 0 spiro atoms. The smallest absolute Gasteiger partial charge is 0.408 e. The van der Waals surface area contributed by atoms with Gasteiger partial charge in [-0.05, 0) is 70.7 Å². The number of benzene rings is 1. The first kappa shape index (κ1) is 34.6. The largest absolute Gasteiger partial charge is 0.497 e. The summed E-state index contributed by atoms with van der Waals surface area (Å²) in [5.74, 6) is -1.83. The van der Waals surface area contributed by atoms with Crippen LogP contribution < -0.4 is 15.4 Å². The number of carboxylic acids is 1. The molecule has 3 aliphatic rings. The van der Waals surface area contributed by atoms with E-state index in [-0.39, 0.29) is 25.3 Å². The Hall–Kier alpha value is -5.21. The van der Waals surface area contributed by atoms with E-state index < -0.39 is 53.1 Å². The van der Waals surface area contributed by atoms with Gasteiger partial charge in [0.25, 0.3) is 0 Å². The van der Waals surface area contributed by atoms with E-state index in [0.29, 0.717) is 35.5 Å². The van der Waals surface area contributed by atoms with Crippen LogP contribution in [-0.2, 0) is 19.1 Å². The summed E-state index contributed by atoms with van der Waals surface area (Å²) < 4.78 is 10.8. The summed E-state index contributed by atoms with van der Waals surface area (Å²) in [4.78, 5) is 56.8. The summed E-state index contributed by atoms with van der Waals surface area (Å²) >= 11 is 0. The number of carboxylic acid groups (broad SMARTS) is 1. The van der Waals surface area contributed by atoms with Gasteiger partial charge >= 0.3 is 12.1 Å². The molecule has 4 N–H and O–H groups in total. The molecule has 266 valence electrons. The Morgan fingerprint density at radius 2 is 1.80 bits per heavy atom. The summed E-state index contributed by atoms with van der Waals surface area (Å²) in [6, 6.07) is 4.80. The minimum absolute atomic E-state index is 0.0500. The van der Waals surface area contributed by atoms with Gasteiger partial charge < -0.3 is 30.1 Å². The minimum atomic E-state index is -1.45. The molecule has 1 aromatic carbocycles. The highest BCUT2D eigenvalue weighted by molar-refractivity contribution is 5.96. The van der Waals surface area contributed by atoms with Crippen LogP contribution in [0.5, 0.6) is 5.75 Å². The number of ether oxygens (including phenoxy) is 2. The van der Waals surface area contributed by atoms with Gasteiger partial charge in [-0.2, -0.15) is 20.1 Å². The number of alkyl carbamates (subject to hydrolysis) is 1. The lowest BCUT2D eigenvalue weighted by atomic mass is 10.0. The fourth-order valence-corrected chi connectivity index (χ4v) is 6.70. The molecule has 15 nitrogen and oxygen atoms in total. The molecule has 15 heteroatoms. The van der Waals surface area contributed by atoms with Crippen molar-refractivity contribution in [3.63, 3.8) is 0 Å². The number of nitrogens with zero attached hydrogens (tertiary/aromatic N) is 5. The number of aliphatic carboxylic acids is 1. The van der Waals surface area contributed by atoms with Crippen molar-refractivity contribution in [2.75, 3.05) is 13.7 Å². The van der Waals surface area contributed by atoms with Crippen molar-refractivity contribution < 1.29 is 33.8 Å². The Morgan fingerprint density at radius 1 is 1.06 bits per heavy atom. The molecule has 4 heterocycles. The van der Waals surface area contributed by atoms with Crippen molar-refractivity contribution in [3.05, 3.63) is 48.8 Å². The van der Waals surface area contributed by atoms with E-state index in [1.165, 1.54) is 9.70 Å². The molecule has 1 aliphatic carbocycles. The fourth-order valence-electron chi connectivity index (χ4n) is 6.70. The molecule has 6 rings (SSSR count). The Labute approximate surface area is 289 Å². The number of amides is 3. The van der Waals surface area contributed by atoms with E-state index in [0.717, 1.165) is 24.8 Å². The van der Waals surface area contributed by atoms with Crippen LogP contribution in [0.25, 0.3) is 22.5 Å². The summed E-state index contributed by atoms with van der Waals surface area (Å²) in [7, 11) is 1.59. The average molecular weight is 689 g/mol. The number of H-pyrrole nitrogens is 1. The van der Waals surface area contributed by atoms with Crippen molar-refractivity contribution in [2.45, 2.75) is 95.0 Å². The standard InChI is InChI=1S/C35H44N8O7/c1-34(2,3)50-33(48)38-26-11-9-7-5-6-8-10-23-17-35(23,32(46)47)39-30(44)27-16-24(20-42(27)31(26)45)43-40-28(21-12-14-25(49-4)15-13-21)29(41-43)22-18-36-37-19-22/h8,10,12-15,18-19,23-24,26-27H,5-7,9,11,16-17,20H2,1-4H3,(H,36,37)(H,38,48)(H,39,44)(H,46,47)/b10-8-/t23-,24-,26-,27-,35+/m0/s1. The number of rotatable bonds is 6. The molecule has 2 fully saturated rings. The number of aromatic nitrogens is 5. The normalized spacial score (nSPS) is 26.4. The first-order chi connectivity index (χ1) is 23.9. The molecular formula is C35H44N8O7. The third kappa shape index (κ3) is 7.36. The van der Waals surface area contributed by atoms with Crippen LogP contribution in [0.1, 0.15) is 71.8 Å². The number of allylic oxidation sites excluding steroid dienone is 1. The van der Waals surface area contributed by atoms with Gasteiger partial charge in [-0.25, -0.2) is 9.59 Å². The summed E-state index contributed by atoms with van der Waals surface area (Å²) in [6.07, 6.45) is 10.2. The second kappa shape index (κ2) is 14.0. The van der Waals surface area contributed by atoms with E-state index in [9.17, 15) is 24.3 Å². The van der Waals surface area contributed by atoms with Gasteiger partial charge in [0.05, 0.1) is 19.3 Å². The molecule has 0 bridgehead atoms. The van der Waals surface area contributed by atoms with Crippen LogP contribution >= 0.6 is 0 Å². The Morgan fingerprint density at radius 3 is 2.46 bits per heavy atom. The predicted molar refractivity (Wildman–Crippen MR) is 181 cm³/mol. The molecule has 1 saturated carbocycles. The monoisotopic (exact) mass is 688 g/mol. The van der Waals surface area contributed by atoms with Gasteiger partial charge in [0.2, 0.25) is 11.8 Å². The maximum absolute atomic E-state index is 14.4. The average Bonchev–Trinajstić information content (AvgIpc) is 3.52. The van der Waals surface area contributed by atoms with Crippen LogP contribution in [0.4, 0.5) is 4.79 Å². The summed E-state index contributed by atoms with van der Waals surface area (Å²) in [5, 5.41) is 32.3. The molecule has 50 heavy (non-hydrogen) atoms. The van der Waals surface area contributed by atoms with Crippen molar-refractivity contribution in [2.24, 2.45) is 5.92 Å². The number of methoxy groups -OCH3 is 1. The molecule has 5 atom stereocenters.